The standard InChI is InChI=1S/C17H27N/c1-13(2)11-18-12-17(9-15(4)10-17)16-7-5-6-14(3)8-16/h5-8,13,15,18H,9-12H2,1-4H3. The summed E-state index contributed by atoms with van der Waals surface area (Å²) in [5.41, 5.74) is 3.33. The van der Waals surface area contributed by atoms with Crippen LogP contribution >= 0.6 is 0 Å². The summed E-state index contributed by atoms with van der Waals surface area (Å²) >= 11 is 0. The molecule has 1 aliphatic rings. The topological polar surface area (TPSA) is 12.0 Å². The first-order valence-corrected chi connectivity index (χ1v) is 7.30. The van der Waals surface area contributed by atoms with Crippen molar-refractivity contribution in [3.05, 3.63) is 35.4 Å². The first-order chi connectivity index (χ1) is 8.52. The van der Waals surface area contributed by atoms with Crippen LogP contribution in [0.4, 0.5) is 0 Å². The van der Waals surface area contributed by atoms with Crippen molar-refractivity contribution in [3.63, 3.8) is 0 Å². The minimum absolute atomic E-state index is 0.403. The van der Waals surface area contributed by atoms with E-state index >= 15 is 0 Å². The Labute approximate surface area is 112 Å². The van der Waals surface area contributed by atoms with Crippen molar-refractivity contribution in [1.29, 1.82) is 0 Å². The second-order valence-corrected chi connectivity index (χ2v) is 6.69. The Morgan fingerprint density at radius 3 is 2.61 bits per heavy atom. The molecule has 0 amide bonds. The van der Waals surface area contributed by atoms with Gasteiger partial charge in [0.05, 0.1) is 0 Å². The van der Waals surface area contributed by atoms with Gasteiger partial charge in [0.1, 0.15) is 0 Å². The van der Waals surface area contributed by atoms with E-state index in [9.17, 15) is 0 Å². The number of hydrogen-bond acceptors (Lipinski definition) is 1. The second kappa shape index (κ2) is 5.44. The molecule has 1 aromatic carbocycles. The van der Waals surface area contributed by atoms with E-state index in [1.54, 1.807) is 0 Å². The summed E-state index contributed by atoms with van der Waals surface area (Å²) in [6.45, 7) is 11.4. The smallest absolute Gasteiger partial charge is 0.00829 e. The molecular formula is C17H27N. The lowest BCUT2D eigenvalue weighted by molar-refractivity contribution is 0.151. The van der Waals surface area contributed by atoms with Crippen molar-refractivity contribution in [2.45, 2.75) is 46.0 Å². The minimum atomic E-state index is 0.403. The Kier molecular flexibility index (Phi) is 4.11. The molecular weight excluding hydrogens is 218 g/mol. The molecule has 100 valence electrons. The van der Waals surface area contributed by atoms with Crippen LogP contribution in [0.1, 0.15) is 44.7 Å². The van der Waals surface area contributed by atoms with Gasteiger partial charge < -0.3 is 5.32 Å². The zero-order valence-electron chi connectivity index (χ0n) is 12.3. The molecule has 0 saturated heterocycles. The monoisotopic (exact) mass is 245 g/mol. The van der Waals surface area contributed by atoms with Crippen molar-refractivity contribution in [2.24, 2.45) is 11.8 Å². The van der Waals surface area contributed by atoms with Crippen LogP contribution in [0.2, 0.25) is 0 Å². The first-order valence-electron chi connectivity index (χ1n) is 7.30. The Morgan fingerprint density at radius 2 is 2.06 bits per heavy atom. The maximum Gasteiger partial charge on any atom is 0.00829 e. The summed E-state index contributed by atoms with van der Waals surface area (Å²) in [6.07, 6.45) is 2.67. The zero-order chi connectivity index (χ0) is 13.2. The SMILES string of the molecule is Cc1cccc(C2(CNCC(C)C)CC(C)C2)c1. The van der Waals surface area contributed by atoms with Crippen molar-refractivity contribution in [2.75, 3.05) is 13.1 Å². The van der Waals surface area contributed by atoms with Crippen LogP contribution in [0.15, 0.2) is 24.3 Å². The van der Waals surface area contributed by atoms with E-state index in [4.69, 9.17) is 0 Å². The second-order valence-electron chi connectivity index (χ2n) is 6.69. The maximum atomic E-state index is 3.67. The lowest BCUT2D eigenvalue weighted by atomic mass is 9.59. The summed E-state index contributed by atoms with van der Waals surface area (Å²) in [7, 11) is 0. The molecule has 1 aromatic rings. The van der Waals surface area contributed by atoms with Gasteiger partial charge in [0, 0.05) is 12.0 Å². The summed E-state index contributed by atoms with van der Waals surface area (Å²) in [4.78, 5) is 0. The van der Waals surface area contributed by atoms with E-state index in [0.717, 1.165) is 24.9 Å². The third-order valence-corrected chi connectivity index (χ3v) is 4.12. The Balaban J connectivity index is 2.07. The van der Waals surface area contributed by atoms with Gasteiger partial charge >= 0.3 is 0 Å². The highest BCUT2D eigenvalue weighted by atomic mass is 14.9. The van der Waals surface area contributed by atoms with E-state index in [1.807, 2.05) is 0 Å². The molecule has 0 bridgehead atoms. The highest BCUT2D eigenvalue weighted by Gasteiger charge is 2.42. The summed E-state index contributed by atoms with van der Waals surface area (Å²) in [6, 6.07) is 9.09. The normalized spacial score (nSPS) is 27.3. The quantitative estimate of drug-likeness (QED) is 0.829. The molecule has 1 saturated carbocycles. The fourth-order valence-electron chi connectivity index (χ4n) is 3.33. The third-order valence-electron chi connectivity index (χ3n) is 4.12. The molecule has 0 heterocycles. The molecule has 0 unspecified atom stereocenters. The molecule has 1 fully saturated rings. The minimum Gasteiger partial charge on any atom is -0.316 e. The number of nitrogens with one attached hydrogen (secondary N) is 1. The maximum absolute atomic E-state index is 3.67. The molecule has 0 radical (unpaired) electrons. The Morgan fingerprint density at radius 1 is 1.33 bits per heavy atom. The highest BCUT2D eigenvalue weighted by Crippen LogP contribution is 2.47. The molecule has 1 heteroatoms. The van der Waals surface area contributed by atoms with Gasteiger partial charge in [-0.25, -0.2) is 0 Å². The summed E-state index contributed by atoms with van der Waals surface area (Å²) in [5, 5.41) is 3.67. The molecule has 18 heavy (non-hydrogen) atoms. The number of rotatable bonds is 5. The molecule has 1 aliphatic carbocycles. The number of benzene rings is 1. The largest absolute Gasteiger partial charge is 0.316 e. The van der Waals surface area contributed by atoms with Gasteiger partial charge in [0.15, 0.2) is 0 Å². The number of aryl methyl sites for hydroxylation is 1. The van der Waals surface area contributed by atoms with Gasteiger partial charge in [0.25, 0.3) is 0 Å². The van der Waals surface area contributed by atoms with Gasteiger partial charge in [-0.2, -0.15) is 0 Å². The van der Waals surface area contributed by atoms with Crippen molar-refractivity contribution >= 4 is 0 Å². The van der Waals surface area contributed by atoms with E-state index < -0.39 is 0 Å². The average Bonchev–Trinajstić information content (AvgIpc) is 2.25. The molecule has 0 atom stereocenters. The van der Waals surface area contributed by atoms with Crippen molar-refractivity contribution in [1.82, 2.24) is 5.32 Å². The van der Waals surface area contributed by atoms with Crippen molar-refractivity contribution < 1.29 is 0 Å². The molecule has 2 rings (SSSR count). The van der Waals surface area contributed by atoms with Gasteiger partial charge in [0.2, 0.25) is 0 Å². The van der Waals surface area contributed by atoms with E-state index in [-0.39, 0.29) is 0 Å². The summed E-state index contributed by atoms with van der Waals surface area (Å²) < 4.78 is 0. The van der Waals surface area contributed by atoms with E-state index in [2.05, 4.69) is 57.3 Å². The van der Waals surface area contributed by atoms with Crippen LogP contribution in [0, 0.1) is 18.8 Å². The van der Waals surface area contributed by atoms with Gasteiger partial charge in [-0.05, 0) is 43.7 Å². The molecule has 1 nitrogen and oxygen atoms in total. The average molecular weight is 245 g/mol. The van der Waals surface area contributed by atoms with Crippen LogP contribution in [0.3, 0.4) is 0 Å². The Hall–Kier alpha value is -0.820. The van der Waals surface area contributed by atoms with Crippen LogP contribution in [-0.4, -0.2) is 13.1 Å². The third kappa shape index (κ3) is 2.95. The fourth-order valence-corrected chi connectivity index (χ4v) is 3.33. The Bertz CT molecular complexity index is 388. The van der Waals surface area contributed by atoms with Crippen LogP contribution in [0.5, 0.6) is 0 Å². The predicted molar refractivity (Wildman–Crippen MR) is 79.0 cm³/mol. The molecule has 1 N–H and O–H groups in total. The highest BCUT2D eigenvalue weighted by molar-refractivity contribution is 5.32. The van der Waals surface area contributed by atoms with Gasteiger partial charge in [-0.1, -0.05) is 50.6 Å². The van der Waals surface area contributed by atoms with Crippen LogP contribution in [-0.2, 0) is 5.41 Å². The zero-order valence-corrected chi connectivity index (χ0v) is 12.3. The van der Waals surface area contributed by atoms with Crippen molar-refractivity contribution in [3.8, 4) is 0 Å². The molecule has 0 aliphatic heterocycles. The lowest BCUT2D eigenvalue weighted by Crippen LogP contribution is -2.48. The fraction of sp³-hybridized carbons (Fsp3) is 0.647. The predicted octanol–water partition coefficient (Wildman–Crippen LogP) is 3.91. The van der Waals surface area contributed by atoms with Crippen LogP contribution < -0.4 is 5.32 Å². The van der Waals surface area contributed by atoms with E-state index in [0.29, 0.717) is 5.41 Å². The van der Waals surface area contributed by atoms with Gasteiger partial charge in [-0.3, -0.25) is 0 Å². The van der Waals surface area contributed by atoms with Crippen LogP contribution in [0.25, 0.3) is 0 Å². The van der Waals surface area contributed by atoms with E-state index in [1.165, 1.54) is 24.0 Å². The number of hydrogen-bond donors (Lipinski definition) is 1. The van der Waals surface area contributed by atoms with Gasteiger partial charge in [-0.15, -0.1) is 0 Å². The molecule has 0 aromatic heterocycles. The molecule has 0 spiro atoms. The lowest BCUT2D eigenvalue weighted by Gasteiger charge is -2.47. The first kappa shape index (κ1) is 13.6. The summed E-state index contributed by atoms with van der Waals surface area (Å²) in [5.74, 6) is 1.61.